The molecule has 0 amide bonds. The topological polar surface area (TPSA) is 98.6 Å². The Labute approximate surface area is 171 Å². The van der Waals surface area contributed by atoms with Crippen molar-refractivity contribution in [3.63, 3.8) is 0 Å². The maximum atomic E-state index is 12.7. The molecule has 0 aromatic carbocycles. The summed E-state index contributed by atoms with van der Waals surface area (Å²) >= 11 is 12.1. The number of rotatable bonds is 5. The van der Waals surface area contributed by atoms with Gasteiger partial charge in [0.15, 0.2) is 0 Å². The number of alkyl halides is 1. The largest absolute Gasteiger partial charge is 1.00 e. The number of carboxylic acid groups (broad SMARTS) is 1. The summed E-state index contributed by atoms with van der Waals surface area (Å²) in [6, 6.07) is 1.40. The van der Waals surface area contributed by atoms with Crippen LogP contribution in [-0.4, -0.2) is 45.9 Å². The Hall–Kier alpha value is -1.12. The summed E-state index contributed by atoms with van der Waals surface area (Å²) in [7, 11) is 2.75. The number of ketones is 1. The minimum atomic E-state index is -1.65. The molecule has 7 nitrogen and oxygen atoms in total. The Morgan fingerprint density at radius 3 is 2.29 bits per heavy atom. The van der Waals surface area contributed by atoms with E-state index in [0.717, 1.165) is 0 Å². The van der Waals surface area contributed by atoms with Gasteiger partial charge >= 0.3 is 35.5 Å². The second-order valence-corrected chi connectivity index (χ2v) is 5.69. The first-order valence-corrected chi connectivity index (χ1v) is 7.08. The molecule has 1 unspecified atom stereocenters. The molecular weight excluding hydrogens is 370 g/mol. The Morgan fingerprint density at radius 1 is 1.29 bits per heavy atom. The van der Waals surface area contributed by atoms with Gasteiger partial charge in [0.05, 0.1) is 30.9 Å². The Morgan fingerprint density at radius 2 is 1.83 bits per heavy atom. The number of ether oxygens (including phenoxy) is 2. The van der Waals surface area contributed by atoms with E-state index in [-0.39, 0.29) is 65.6 Å². The van der Waals surface area contributed by atoms with E-state index in [2.05, 4.69) is 9.97 Å². The van der Waals surface area contributed by atoms with Crippen molar-refractivity contribution in [3.05, 3.63) is 34.6 Å². The van der Waals surface area contributed by atoms with Gasteiger partial charge in [-0.15, -0.1) is 11.6 Å². The number of carbonyl (C=O) groups is 2. The fraction of sp³-hybridized carbons (Fsp3) is 0.286. The van der Waals surface area contributed by atoms with E-state index >= 15 is 0 Å². The van der Waals surface area contributed by atoms with Crippen molar-refractivity contribution in [3.8, 4) is 11.8 Å². The van der Waals surface area contributed by atoms with Crippen molar-refractivity contribution in [1.82, 2.24) is 9.97 Å². The number of allylic oxidation sites excluding steroid dienone is 3. The number of methoxy groups -OCH3 is 2. The quantitative estimate of drug-likeness (QED) is 0.408. The summed E-state index contributed by atoms with van der Waals surface area (Å²) in [6.07, 6.45) is 2.30. The summed E-state index contributed by atoms with van der Waals surface area (Å²) < 4.78 is 9.95. The first-order valence-electron chi connectivity index (χ1n) is 6.32. The molecule has 0 bridgehead atoms. The average Bonchev–Trinajstić information content (AvgIpc) is 2.55. The molecule has 0 fully saturated rings. The molecule has 0 saturated carbocycles. The van der Waals surface area contributed by atoms with Crippen molar-refractivity contribution >= 4 is 35.0 Å². The third kappa shape index (κ3) is 4.29. The number of hydrogen-bond donors (Lipinski definition) is 1. The van der Waals surface area contributed by atoms with Crippen molar-refractivity contribution < 1.29 is 55.2 Å². The van der Waals surface area contributed by atoms with Gasteiger partial charge in [-0.1, -0.05) is 17.7 Å². The molecule has 0 radical (unpaired) electrons. The fourth-order valence-corrected chi connectivity index (χ4v) is 2.43. The van der Waals surface area contributed by atoms with Crippen molar-refractivity contribution in [1.29, 1.82) is 0 Å². The van der Waals surface area contributed by atoms with Crippen molar-refractivity contribution in [2.24, 2.45) is 0 Å². The first kappa shape index (κ1) is 20.9. The van der Waals surface area contributed by atoms with Crippen molar-refractivity contribution in [2.75, 3.05) is 14.2 Å². The molecule has 2 rings (SSSR count). The number of hydrogen-bond acceptors (Lipinski definition) is 6. The van der Waals surface area contributed by atoms with E-state index in [1.807, 2.05) is 0 Å². The van der Waals surface area contributed by atoms with Crippen LogP contribution in [0.3, 0.4) is 0 Å². The van der Waals surface area contributed by atoms with E-state index in [1.165, 1.54) is 32.4 Å². The Bertz CT molecular complexity index is 722. The average molecular weight is 383 g/mol. The summed E-state index contributed by atoms with van der Waals surface area (Å²) in [5.74, 6) is -1.94. The van der Waals surface area contributed by atoms with Crippen LogP contribution in [0.5, 0.6) is 11.8 Å². The zero-order valence-corrected chi connectivity index (χ0v) is 16.7. The van der Waals surface area contributed by atoms with Crippen LogP contribution >= 0.6 is 23.2 Å². The molecule has 24 heavy (non-hydrogen) atoms. The molecule has 1 heterocycles. The van der Waals surface area contributed by atoms with E-state index < -0.39 is 16.6 Å². The van der Waals surface area contributed by atoms with E-state index in [9.17, 15) is 9.59 Å². The zero-order chi connectivity index (χ0) is 17.2. The van der Waals surface area contributed by atoms with Crippen LogP contribution in [0.4, 0.5) is 0 Å². The van der Waals surface area contributed by atoms with E-state index in [0.29, 0.717) is 0 Å². The van der Waals surface area contributed by atoms with Crippen LogP contribution in [0.25, 0.3) is 0 Å². The maximum Gasteiger partial charge on any atom is 1.00 e. The van der Waals surface area contributed by atoms with Crippen LogP contribution in [0.2, 0.25) is 0 Å². The number of halogens is 2. The van der Waals surface area contributed by atoms with Gasteiger partial charge in [0.2, 0.25) is 23.4 Å². The van der Waals surface area contributed by atoms with E-state index in [1.54, 1.807) is 0 Å². The molecule has 1 aliphatic carbocycles. The fourth-order valence-electron chi connectivity index (χ4n) is 1.94. The Balaban J connectivity index is 0.00000288. The molecule has 1 N–H and O–H groups in total. The summed E-state index contributed by atoms with van der Waals surface area (Å²) in [5.41, 5.74) is -0.160. The molecule has 124 valence electrons. The molecular formula is C14H13Cl2N2NaO5. The molecule has 10 heteroatoms. The SMILES string of the molecule is COc1cc(OC)nc(C(=O)C2(Cl)C=CC(Cl)=C(C(=O)O)C2)n1.[H-].[Na+]. The summed E-state index contributed by atoms with van der Waals surface area (Å²) in [4.78, 5) is 30.1. The number of carboxylic acids is 1. The molecule has 0 aliphatic heterocycles. The second kappa shape index (κ2) is 8.31. The number of aliphatic carboxylic acids is 1. The predicted octanol–water partition coefficient (Wildman–Crippen LogP) is -0.692. The third-order valence-corrected chi connectivity index (χ3v) is 3.94. The van der Waals surface area contributed by atoms with Gasteiger partial charge in [0, 0.05) is 6.42 Å². The van der Waals surface area contributed by atoms with Gasteiger partial charge in [-0.05, 0) is 6.08 Å². The molecule has 0 spiro atoms. The van der Waals surface area contributed by atoms with Crippen molar-refractivity contribution in [2.45, 2.75) is 11.3 Å². The molecule has 1 aliphatic rings. The van der Waals surface area contributed by atoms with Gasteiger partial charge in [0.1, 0.15) is 4.87 Å². The molecule has 1 atom stereocenters. The first-order chi connectivity index (χ1) is 10.8. The van der Waals surface area contributed by atoms with Gasteiger partial charge < -0.3 is 16.0 Å². The normalized spacial score (nSPS) is 19.5. The van der Waals surface area contributed by atoms with Gasteiger partial charge in [-0.3, -0.25) is 4.79 Å². The monoisotopic (exact) mass is 382 g/mol. The van der Waals surface area contributed by atoms with Gasteiger partial charge in [-0.2, -0.15) is 9.97 Å². The summed E-state index contributed by atoms with van der Waals surface area (Å²) in [5, 5.41) is 9.16. The number of aromatic nitrogens is 2. The maximum absolute atomic E-state index is 12.7. The van der Waals surface area contributed by atoms with Gasteiger partial charge in [-0.25, -0.2) is 4.79 Å². The van der Waals surface area contributed by atoms with Crippen LogP contribution in [-0.2, 0) is 4.79 Å². The minimum Gasteiger partial charge on any atom is -1.00 e. The molecule has 1 aromatic heterocycles. The standard InChI is InChI=1S/C14H12Cl2N2O5.Na.H/c1-22-9-5-10(23-2)18-12(17-9)11(19)14(16)4-3-8(15)7(6-14)13(20)21;;/h3-5H,6H2,1-2H3,(H,20,21);;/q;+1;-1. The van der Waals surface area contributed by atoms with Crippen LogP contribution in [0.1, 0.15) is 18.5 Å². The Kier molecular flexibility index (Phi) is 7.25. The van der Waals surface area contributed by atoms with Crippen LogP contribution in [0, 0.1) is 0 Å². The van der Waals surface area contributed by atoms with Crippen LogP contribution in [0.15, 0.2) is 28.8 Å². The predicted molar refractivity (Wildman–Crippen MR) is 83.4 cm³/mol. The molecule has 0 saturated heterocycles. The van der Waals surface area contributed by atoms with E-state index in [4.69, 9.17) is 37.8 Å². The second-order valence-electron chi connectivity index (χ2n) is 4.61. The smallest absolute Gasteiger partial charge is 1.00 e. The number of nitrogens with zero attached hydrogens (tertiary/aromatic N) is 2. The van der Waals surface area contributed by atoms with Gasteiger partial charge in [0.25, 0.3) is 0 Å². The third-order valence-electron chi connectivity index (χ3n) is 3.15. The minimum absolute atomic E-state index is 0. The zero-order valence-electron chi connectivity index (χ0n) is 14.2. The van der Waals surface area contributed by atoms with Crippen LogP contribution < -0.4 is 39.0 Å². The molecule has 1 aromatic rings. The summed E-state index contributed by atoms with van der Waals surface area (Å²) in [6.45, 7) is 0. The number of Topliss-reactive ketones (excluding diaryl/α,β-unsaturated/α-hetero) is 1. The number of carbonyl (C=O) groups excluding carboxylic acids is 1.